The largest absolute Gasteiger partial charge is 0.395 e. The molecule has 0 bridgehead atoms. The van der Waals surface area contributed by atoms with Crippen LogP contribution in [0.1, 0.15) is 12.6 Å². The zero-order valence-electron chi connectivity index (χ0n) is 10.8. The molecule has 5 nitrogen and oxygen atoms in total. The van der Waals surface area contributed by atoms with Gasteiger partial charge in [0.1, 0.15) is 5.03 Å². The first-order chi connectivity index (χ1) is 9.19. The number of aromatic nitrogens is 4. The van der Waals surface area contributed by atoms with Crippen LogP contribution in [0.25, 0.3) is 11.0 Å². The third kappa shape index (κ3) is 2.08. The van der Waals surface area contributed by atoms with Crippen molar-refractivity contribution in [2.45, 2.75) is 23.5 Å². The lowest BCUT2D eigenvalue weighted by atomic mass is 10.3. The molecule has 0 radical (unpaired) electrons. The van der Waals surface area contributed by atoms with E-state index >= 15 is 0 Å². The van der Waals surface area contributed by atoms with Crippen molar-refractivity contribution in [1.29, 1.82) is 0 Å². The maximum Gasteiger partial charge on any atom is 0.172 e. The van der Waals surface area contributed by atoms with Crippen molar-refractivity contribution in [2.24, 2.45) is 7.05 Å². The molecule has 3 aromatic rings. The number of nitrogens with two attached hydrogens (primary N) is 1. The van der Waals surface area contributed by atoms with Gasteiger partial charge in [0.25, 0.3) is 0 Å². The van der Waals surface area contributed by atoms with Gasteiger partial charge in [-0.25, -0.2) is 4.98 Å². The zero-order valence-corrected chi connectivity index (χ0v) is 11.7. The Kier molecular flexibility index (Phi) is 2.94. The Hall–Kier alpha value is -1.95. The molecular weight excluding hydrogens is 258 g/mol. The maximum atomic E-state index is 6.11. The van der Waals surface area contributed by atoms with Gasteiger partial charge >= 0.3 is 0 Å². The smallest absolute Gasteiger partial charge is 0.172 e. The van der Waals surface area contributed by atoms with Gasteiger partial charge in [-0.1, -0.05) is 19.1 Å². The summed E-state index contributed by atoms with van der Waals surface area (Å²) in [4.78, 5) is 7.82. The van der Waals surface area contributed by atoms with Crippen molar-refractivity contribution in [2.75, 3.05) is 5.73 Å². The van der Waals surface area contributed by atoms with Gasteiger partial charge < -0.3 is 10.7 Å². The number of anilines is 1. The molecule has 0 saturated carbocycles. The number of hydrogen-bond donors (Lipinski definition) is 2. The van der Waals surface area contributed by atoms with E-state index in [1.54, 1.807) is 0 Å². The number of aryl methyl sites for hydroxylation is 2. The summed E-state index contributed by atoms with van der Waals surface area (Å²) in [5, 5.41) is 6.17. The molecular formula is C13H15N5S. The summed E-state index contributed by atoms with van der Waals surface area (Å²) >= 11 is 1.51. The Labute approximate surface area is 115 Å². The van der Waals surface area contributed by atoms with Crippen LogP contribution in [0.5, 0.6) is 0 Å². The fraction of sp³-hybridized carbons (Fsp3) is 0.231. The highest BCUT2D eigenvalue weighted by Gasteiger charge is 2.15. The van der Waals surface area contributed by atoms with Crippen LogP contribution >= 0.6 is 11.8 Å². The van der Waals surface area contributed by atoms with Crippen molar-refractivity contribution >= 4 is 28.5 Å². The van der Waals surface area contributed by atoms with Crippen molar-refractivity contribution in [3.05, 3.63) is 30.0 Å². The van der Waals surface area contributed by atoms with Gasteiger partial charge in [0.05, 0.1) is 22.4 Å². The minimum absolute atomic E-state index is 0.746. The zero-order chi connectivity index (χ0) is 13.4. The Morgan fingerprint density at radius 3 is 2.84 bits per heavy atom. The number of hydrogen-bond acceptors (Lipinski definition) is 4. The molecule has 19 heavy (non-hydrogen) atoms. The molecule has 3 N–H and O–H groups in total. The summed E-state index contributed by atoms with van der Waals surface area (Å²) in [5.41, 5.74) is 9.78. The minimum atomic E-state index is 0.746. The number of benzene rings is 1. The van der Waals surface area contributed by atoms with Crippen LogP contribution in [0.3, 0.4) is 0 Å². The molecule has 2 aromatic heterocycles. The first-order valence-electron chi connectivity index (χ1n) is 6.13. The molecule has 1 aromatic carbocycles. The average Bonchev–Trinajstić information content (AvgIpc) is 2.94. The van der Waals surface area contributed by atoms with E-state index in [4.69, 9.17) is 5.73 Å². The van der Waals surface area contributed by atoms with Gasteiger partial charge in [-0.15, -0.1) is 0 Å². The second-order valence-corrected chi connectivity index (χ2v) is 5.28. The molecule has 3 rings (SSSR count). The van der Waals surface area contributed by atoms with Crippen LogP contribution in [0.2, 0.25) is 0 Å². The third-order valence-electron chi connectivity index (χ3n) is 3.00. The quantitative estimate of drug-likeness (QED) is 0.769. The monoisotopic (exact) mass is 273 g/mol. The standard InChI is InChI=1S/C13H15N5S/c1-3-8-11(14)12(18(2)17-8)19-13-15-9-6-4-5-7-10(9)16-13/h4-7H,3,14H2,1-2H3,(H,15,16). The van der Waals surface area contributed by atoms with Crippen LogP contribution < -0.4 is 5.73 Å². The Morgan fingerprint density at radius 1 is 1.37 bits per heavy atom. The van der Waals surface area contributed by atoms with Crippen molar-refractivity contribution in [3.63, 3.8) is 0 Å². The van der Waals surface area contributed by atoms with Gasteiger partial charge in [-0.2, -0.15) is 5.10 Å². The summed E-state index contributed by atoms with van der Waals surface area (Å²) in [7, 11) is 1.90. The van der Waals surface area contributed by atoms with E-state index in [2.05, 4.69) is 15.1 Å². The number of nitrogens with zero attached hydrogens (tertiary/aromatic N) is 3. The SMILES string of the molecule is CCc1nn(C)c(Sc2nc3ccccc3[nH]2)c1N. The number of nitrogen functional groups attached to an aromatic ring is 1. The minimum Gasteiger partial charge on any atom is -0.395 e. The van der Waals surface area contributed by atoms with Crippen molar-refractivity contribution in [3.8, 4) is 0 Å². The van der Waals surface area contributed by atoms with Crippen LogP contribution in [0.4, 0.5) is 5.69 Å². The second kappa shape index (κ2) is 4.62. The Bertz CT molecular complexity index is 695. The lowest BCUT2D eigenvalue weighted by Gasteiger charge is -1.99. The molecule has 0 spiro atoms. The molecule has 0 aliphatic heterocycles. The van der Waals surface area contributed by atoms with E-state index in [0.29, 0.717) is 0 Å². The Balaban J connectivity index is 1.98. The van der Waals surface area contributed by atoms with E-state index in [9.17, 15) is 0 Å². The summed E-state index contributed by atoms with van der Waals surface area (Å²) in [6, 6.07) is 7.96. The number of imidazole rings is 1. The summed E-state index contributed by atoms with van der Waals surface area (Å²) in [6.45, 7) is 2.05. The number of H-pyrrole nitrogens is 1. The van der Waals surface area contributed by atoms with Crippen molar-refractivity contribution in [1.82, 2.24) is 19.7 Å². The average molecular weight is 273 g/mol. The molecule has 0 atom stereocenters. The summed E-state index contributed by atoms with van der Waals surface area (Å²) in [5.74, 6) is 0. The number of rotatable bonds is 3. The number of fused-ring (bicyclic) bond motifs is 1. The van der Waals surface area contributed by atoms with E-state index in [1.165, 1.54) is 11.8 Å². The topological polar surface area (TPSA) is 72.5 Å². The lowest BCUT2D eigenvalue weighted by molar-refractivity contribution is 0.686. The van der Waals surface area contributed by atoms with Gasteiger partial charge in [0.2, 0.25) is 0 Å². The first-order valence-corrected chi connectivity index (χ1v) is 6.94. The van der Waals surface area contributed by atoms with Gasteiger partial charge in [0.15, 0.2) is 5.16 Å². The lowest BCUT2D eigenvalue weighted by Crippen LogP contribution is -1.94. The van der Waals surface area contributed by atoms with Crippen LogP contribution in [-0.4, -0.2) is 19.7 Å². The van der Waals surface area contributed by atoms with E-state index in [1.807, 2.05) is 42.9 Å². The predicted molar refractivity (Wildman–Crippen MR) is 77.2 cm³/mol. The van der Waals surface area contributed by atoms with E-state index < -0.39 is 0 Å². The molecule has 6 heteroatoms. The fourth-order valence-corrected chi connectivity index (χ4v) is 2.92. The summed E-state index contributed by atoms with van der Waals surface area (Å²) in [6.07, 6.45) is 0.834. The van der Waals surface area contributed by atoms with Crippen molar-refractivity contribution < 1.29 is 0 Å². The van der Waals surface area contributed by atoms with Gasteiger partial charge in [-0.3, -0.25) is 4.68 Å². The maximum absolute atomic E-state index is 6.11. The highest BCUT2D eigenvalue weighted by Crippen LogP contribution is 2.32. The molecule has 0 aliphatic rings. The van der Waals surface area contributed by atoms with Gasteiger partial charge in [0, 0.05) is 7.05 Å². The van der Waals surface area contributed by atoms with E-state index in [-0.39, 0.29) is 0 Å². The normalized spacial score (nSPS) is 11.3. The number of nitrogens with one attached hydrogen (secondary N) is 1. The third-order valence-corrected chi connectivity index (χ3v) is 4.07. The van der Waals surface area contributed by atoms with E-state index in [0.717, 1.165) is 39.0 Å². The molecule has 98 valence electrons. The fourth-order valence-electron chi connectivity index (χ4n) is 2.03. The predicted octanol–water partition coefficient (Wildman–Crippen LogP) is 2.59. The van der Waals surface area contributed by atoms with Crippen LogP contribution in [0, 0.1) is 0 Å². The summed E-state index contributed by atoms with van der Waals surface area (Å²) < 4.78 is 1.81. The first kappa shape index (κ1) is 12.1. The molecule has 0 fully saturated rings. The van der Waals surface area contributed by atoms with Crippen LogP contribution in [-0.2, 0) is 13.5 Å². The van der Waals surface area contributed by atoms with Gasteiger partial charge in [-0.05, 0) is 30.3 Å². The molecule has 2 heterocycles. The number of para-hydroxylation sites is 2. The van der Waals surface area contributed by atoms with Crippen LogP contribution in [0.15, 0.2) is 34.4 Å². The second-order valence-electron chi connectivity index (χ2n) is 4.30. The molecule has 0 aliphatic carbocycles. The Morgan fingerprint density at radius 2 is 2.16 bits per heavy atom. The molecule has 0 saturated heterocycles. The molecule has 0 amide bonds. The molecule has 0 unspecified atom stereocenters. The number of aromatic amines is 1. The highest BCUT2D eigenvalue weighted by atomic mass is 32.2. The highest BCUT2D eigenvalue weighted by molar-refractivity contribution is 7.99.